The van der Waals surface area contributed by atoms with E-state index in [1.54, 1.807) is 11.3 Å². The maximum atomic E-state index is 12.1. The third-order valence-electron chi connectivity index (χ3n) is 3.80. The number of aliphatic hydroxyl groups is 1. The molecule has 0 aliphatic carbocycles. The molecule has 2 heterocycles. The number of rotatable bonds is 6. The third kappa shape index (κ3) is 4.62. The number of amides is 1. The molecule has 1 amide bonds. The molecule has 1 fully saturated rings. The molecule has 1 N–H and O–H groups in total. The van der Waals surface area contributed by atoms with Crippen molar-refractivity contribution in [2.24, 2.45) is 5.92 Å². The molecular formula is C15H23NO2S. The van der Waals surface area contributed by atoms with Crippen LogP contribution < -0.4 is 0 Å². The van der Waals surface area contributed by atoms with Crippen LogP contribution in [0.5, 0.6) is 0 Å². The summed E-state index contributed by atoms with van der Waals surface area (Å²) in [5, 5.41) is 11.1. The van der Waals surface area contributed by atoms with Gasteiger partial charge in [0, 0.05) is 31.0 Å². The largest absolute Gasteiger partial charge is 0.396 e. The summed E-state index contributed by atoms with van der Waals surface area (Å²) in [4.78, 5) is 15.5. The predicted octanol–water partition coefficient (Wildman–Crippen LogP) is 2.69. The van der Waals surface area contributed by atoms with Crippen molar-refractivity contribution in [3.8, 4) is 0 Å². The summed E-state index contributed by atoms with van der Waals surface area (Å²) in [7, 11) is 0. The lowest BCUT2D eigenvalue weighted by atomic mass is 9.95. The Bertz CT molecular complexity index is 376. The van der Waals surface area contributed by atoms with Crippen LogP contribution >= 0.6 is 11.3 Å². The molecule has 1 aliphatic rings. The first-order chi connectivity index (χ1) is 9.29. The number of thiophene rings is 1. The molecule has 0 bridgehead atoms. The number of nitrogens with zero attached hydrogens (tertiary/aromatic N) is 1. The second-order valence-corrected chi connectivity index (χ2v) is 6.33. The summed E-state index contributed by atoms with van der Waals surface area (Å²) in [5.74, 6) is 0.791. The average molecular weight is 281 g/mol. The maximum Gasteiger partial charge on any atom is 0.222 e. The van der Waals surface area contributed by atoms with Gasteiger partial charge in [0.25, 0.3) is 0 Å². The number of piperidine rings is 1. The van der Waals surface area contributed by atoms with Crippen LogP contribution in [-0.2, 0) is 11.2 Å². The lowest BCUT2D eigenvalue weighted by Crippen LogP contribution is -2.40. The van der Waals surface area contributed by atoms with E-state index in [0.717, 1.165) is 45.2 Å². The molecular weight excluding hydrogens is 258 g/mol. The molecule has 106 valence electrons. The van der Waals surface area contributed by atoms with E-state index in [1.807, 2.05) is 4.90 Å². The van der Waals surface area contributed by atoms with E-state index in [-0.39, 0.29) is 6.61 Å². The highest BCUT2D eigenvalue weighted by atomic mass is 32.1. The monoisotopic (exact) mass is 281 g/mol. The Hall–Kier alpha value is -0.870. The smallest absolute Gasteiger partial charge is 0.222 e. The van der Waals surface area contributed by atoms with Gasteiger partial charge in [-0.3, -0.25) is 4.79 Å². The minimum atomic E-state index is 0.241. The van der Waals surface area contributed by atoms with Crippen molar-refractivity contribution in [1.82, 2.24) is 4.90 Å². The predicted molar refractivity (Wildman–Crippen MR) is 78.3 cm³/mol. The zero-order valence-corrected chi connectivity index (χ0v) is 12.2. The van der Waals surface area contributed by atoms with E-state index < -0.39 is 0 Å². The van der Waals surface area contributed by atoms with Crippen LogP contribution in [-0.4, -0.2) is 35.6 Å². The van der Waals surface area contributed by atoms with Crippen molar-refractivity contribution in [2.75, 3.05) is 19.7 Å². The first-order valence-electron chi connectivity index (χ1n) is 7.20. The fourth-order valence-electron chi connectivity index (χ4n) is 2.74. The van der Waals surface area contributed by atoms with Crippen molar-refractivity contribution in [1.29, 1.82) is 0 Å². The molecule has 0 aromatic carbocycles. The number of aryl methyl sites for hydroxylation is 1. The third-order valence-corrected chi connectivity index (χ3v) is 4.74. The topological polar surface area (TPSA) is 40.5 Å². The number of carbonyl (C=O) groups is 1. The summed E-state index contributed by atoms with van der Waals surface area (Å²) < 4.78 is 0. The SMILES string of the molecule is O=C(CCCc1cccs1)N1CCCC(CCO)C1. The summed E-state index contributed by atoms with van der Waals surface area (Å²) in [6.07, 6.45) is 5.68. The number of aliphatic hydroxyl groups excluding tert-OH is 1. The Labute approximate surface area is 119 Å². The van der Waals surface area contributed by atoms with Gasteiger partial charge >= 0.3 is 0 Å². The number of hydrogen-bond acceptors (Lipinski definition) is 3. The van der Waals surface area contributed by atoms with Crippen molar-refractivity contribution in [3.63, 3.8) is 0 Å². The fraction of sp³-hybridized carbons (Fsp3) is 0.667. The quantitative estimate of drug-likeness (QED) is 0.871. The summed E-state index contributed by atoms with van der Waals surface area (Å²) in [5.41, 5.74) is 0. The van der Waals surface area contributed by atoms with Gasteiger partial charge in [-0.2, -0.15) is 0 Å². The van der Waals surface area contributed by atoms with Gasteiger partial charge in [0.1, 0.15) is 0 Å². The van der Waals surface area contributed by atoms with E-state index in [1.165, 1.54) is 4.88 Å². The molecule has 0 spiro atoms. The highest BCUT2D eigenvalue weighted by Crippen LogP contribution is 2.20. The molecule has 19 heavy (non-hydrogen) atoms. The zero-order valence-electron chi connectivity index (χ0n) is 11.4. The van der Waals surface area contributed by atoms with E-state index in [9.17, 15) is 4.79 Å². The van der Waals surface area contributed by atoms with Crippen LogP contribution in [0, 0.1) is 5.92 Å². The summed E-state index contributed by atoms with van der Waals surface area (Å²) >= 11 is 1.76. The van der Waals surface area contributed by atoms with Crippen LogP contribution in [0.4, 0.5) is 0 Å². The standard InChI is InChI=1S/C15H23NO2S/c17-10-8-13-4-2-9-16(12-13)15(18)7-1-5-14-6-3-11-19-14/h3,6,11,13,17H,1-2,4-5,7-10,12H2. The van der Waals surface area contributed by atoms with Gasteiger partial charge in [-0.1, -0.05) is 6.07 Å². The van der Waals surface area contributed by atoms with Gasteiger partial charge in [-0.05, 0) is 49.5 Å². The van der Waals surface area contributed by atoms with Gasteiger partial charge in [0.05, 0.1) is 0 Å². The summed E-state index contributed by atoms with van der Waals surface area (Å²) in [6.45, 7) is 1.99. The first kappa shape index (κ1) is 14.5. The molecule has 0 saturated carbocycles. The minimum absolute atomic E-state index is 0.241. The average Bonchev–Trinajstić information content (AvgIpc) is 2.92. The van der Waals surface area contributed by atoms with Gasteiger partial charge in [0.2, 0.25) is 5.91 Å². The minimum Gasteiger partial charge on any atom is -0.396 e. The van der Waals surface area contributed by atoms with Gasteiger partial charge in [-0.15, -0.1) is 11.3 Å². The lowest BCUT2D eigenvalue weighted by molar-refractivity contribution is -0.133. The van der Waals surface area contributed by atoms with E-state index in [0.29, 0.717) is 18.2 Å². The fourth-order valence-corrected chi connectivity index (χ4v) is 3.49. The number of hydrogen-bond donors (Lipinski definition) is 1. The van der Waals surface area contributed by atoms with Crippen LogP contribution in [0.1, 0.15) is 37.0 Å². The van der Waals surface area contributed by atoms with Crippen molar-refractivity contribution < 1.29 is 9.90 Å². The molecule has 1 aromatic heterocycles. The van der Waals surface area contributed by atoms with Gasteiger partial charge in [0.15, 0.2) is 0 Å². The Balaban J connectivity index is 1.70. The maximum absolute atomic E-state index is 12.1. The molecule has 1 saturated heterocycles. The molecule has 4 heteroatoms. The normalized spacial score (nSPS) is 19.6. The molecule has 1 unspecified atom stereocenters. The molecule has 1 aliphatic heterocycles. The van der Waals surface area contributed by atoms with Crippen molar-refractivity contribution >= 4 is 17.2 Å². The first-order valence-corrected chi connectivity index (χ1v) is 8.08. The number of carbonyl (C=O) groups excluding carboxylic acids is 1. The Kier molecular flexibility index (Phi) is 5.86. The highest BCUT2D eigenvalue weighted by Gasteiger charge is 2.22. The van der Waals surface area contributed by atoms with Crippen molar-refractivity contribution in [2.45, 2.75) is 38.5 Å². The molecule has 1 aromatic rings. The van der Waals surface area contributed by atoms with E-state index in [4.69, 9.17) is 5.11 Å². The zero-order chi connectivity index (χ0) is 13.5. The van der Waals surface area contributed by atoms with Gasteiger partial charge in [-0.25, -0.2) is 0 Å². The molecule has 2 rings (SSSR count). The van der Waals surface area contributed by atoms with Crippen LogP contribution in [0.15, 0.2) is 17.5 Å². The van der Waals surface area contributed by atoms with E-state index in [2.05, 4.69) is 17.5 Å². The molecule has 1 atom stereocenters. The second-order valence-electron chi connectivity index (χ2n) is 5.29. The Morgan fingerprint density at radius 1 is 1.53 bits per heavy atom. The molecule has 0 radical (unpaired) electrons. The van der Waals surface area contributed by atoms with E-state index >= 15 is 0 Å². The summed E-state index contributed by atoms with van der Waals surface area (Å²) in [6, 6.07) is 4.19. The Morgan fingerprint density at radius 2 is 2.42 bits per heavy atom. The van der Waals surface area contributed by atoms with Gasteiger partial charge < -0.3 is 10.0 Å². The second kappa shape index (κ2) is 7.65. The van der Waals surface area contributed by atoms with Crippen LogP contribution in [0.3, 0.4) is 0 Å². The van der Waals surface area contributed by atoms with Crippen LogP contribution in [0.2, 0.25) is 0 Å². The highest BCUT2D eigenvalue weighted by molar-refractivity contribution is 7.09. The van der Waals surface area contributed by atoms with Crippen LogP contribution in [0.25, 0.3) is 0 Å². The molecule has 3 nitrogen and oxygen atoms in total. The Morgan fingerprint density at radius 3 is 3.16 bits per heavy atom. The number of likely N-dealkylation sites (tertiary alicyclic amines) is 1. The lowest BCUT2D eigenvalue weighted by Gasteiger charge is -2.32. The van der Waals surface area contributed by atoms with Crippen molar-refractivity contribution in [3.05, 3.63) is 22.4 Å².